The van der Waals surface area contributed by atoms with Crippen molar-refractivity contribution in [2.45, 2.75) is 39.0 Å². The Labute approximate surface area is 105 Å². The average molecular weight is 226 g/mol. The second kappa shape index (κ2) is 6.44. The van der Waals surface area contributed by atoms with Crippen molar-refractivity contribution in [2.75, 3.05) is 0 Å². The van der Waals surface area contributed by atoms with E-state index in [4.69, 9.17) is 0 Å². The van der Waals surface area contributed by atoms with Crippen LogP contribution in [0.15, 0.2) is 48.1 Å². The van der Waals surface area contributed by atoms with E-state index >= 15 is 0 Å². The van der Waals surface area contributed by atoms with Crippen LogP contribution in [-0.2, 0) is 0 Å². The summed E-state index contributed by atoms with van der Waals surface area (Å²) in [5, 5.41) is 0. The smallest absolute Gasteiger partial charge is 0.0260 e. The lowest BCUT2D eigenvalue weighted by atomic mass is 10.0. The zero-order chi connectivity index (χ0) is 11.9. The number of hydrogen-bond acceptors (Lipinski definition) is 0. The van der Waals surface area contributed by atoms with Crippen LogP contribution in [0.1, 0.15) is 44.6 Å². The zero-order valence-corrected chi connectivity index (χ0v) is 10.7. The highest BCUT2D eigenvalue weighted by Crippen LogP contribution is 2.29. The van der Waals surface area contributed by atoms with Gasteiger partial charge in [0.15, 0.2) is 0 Å². The zero-order valence-electron chi connectivity index (χ0n) is 10.7. The molecule has 1 aromatic rings. The molecule has 0 spiro atoms. The summed E-state index contributed by atoms with van der Waals surface area (Å²) in [5.74, 6) is 0.823. The van der Waals surface area contributed by atoms with Gasteiger partial charge in [0, 0.05) is 0 Å². The van der Waals surface area contributed by atoms with Crippen LogP contribution in [0.4, 0.5) is 0 Å². The van der Waals surface area contributed by atoms with E-state index in [1.807, 2.05) is 0 Å². The molecular formula is C17H22. The molecule has 0 radical (unpaired) electrons. The van der Waals surface area contributed by atoms with E-state index in [9.17, 15) is 0 Å². The molecule has 0 heteroatoms. The molecule has 1 aromatic carbocycles. The van der Waals surface area contributed by atoms with Gasteiger partial charge in [-0.3, -0.25) is 0 Å². The van der Waals surface area contributed by atoms with Crippen molar-refractivity contribution in [3.05, 3.63) is 53.6 Å². The summed E-state index contributed by atoms with van der Waals surface area (Å²) in [7, 11) is 0. The molecule has 0 heterocycles. The molecule has 0 aromatic heterocycles. The molecule has 17 heavy (non-hydrogen) atoms. The summed E-state index contributed by atoms with van der Waals surface area (Å²) >= 11 is 0. The van der Waals surface area contributed by atoms with Crippen LogP contribution in [0.2, 0.25) is 0 Å². The van der Waals surface area contributed by atoms with Crippen molar-refractivity contribution in [3.63, 3.8) is 0 Å². The Morgan fingerprint density at radius 3 is 2.65 bits per heavy atom. The molecule has 2 rings (SSSR count). The van der Waals surface area contributed by atoms with Crippen LogP contribution in [0.3, 0.4) is 0 Å². The maximum Gasteiger partial charge on any atom is -0.0260 e. The van der Waals surface area contributed by atoms with E-state index in [1.165, 1.54) is 37.7 Å². The van der Waals surface area contributed by atoms with Gasteiger partial charge in [-0.15, -0.1) is 0 Å². The number of allylic oxidation sites excluding steroid dienone is 3. The van der Waals surface area contributed by atoms with E-state index in [0.717, 1.165) is 5.92 Å². The van der Waals surface area contributed by atoms with Crippen molar-refractivity contribution >= 4 is 6.08 Å². The molecule has 0 N–H and O–H groups in total. The van der Waals surface area contributed by atoms with Crippen molar-refractivity contribution in [1.29, 1.82) is 0 Å². The summed E-state index contributed by atoms with van der Waals surface area (Å²) in [4.78, 5) is 0. The fourth-order valence-electron chi connectivity index (χ4n) is 1.93. The predicted molar refractivity (Wildman–Crippen MR) is 75.8 cm³/mol. The van der Waals surface area contributed by atoms with E-state index in [1.54, 1.807) is 5.57 Å². The molecule has 90 valence electrons. The van der Waals surface area contributed by atoms with Gasteiger partial charge >= 0.3 is 0 Å². The minimum absolute atomic E-state index is 0.823. The quantitative estimate of drug-likeness (QED) is 0.583. The number of benzene rings is 1. The molecule has 0 aliphatic heterocycles. The van der Waals surface area contributed by atoms with Gasteiger partial charge in [-0.1, -0.05) is 61.1 Å². The molecule has 0 bridgehead atoms. The van der Waals surface area contributed by atoms with Gasteiger partial charge in [-0.05, 0) is 43.6 Å². The van der Waals surface area contributed by atoms with Gasteiger partial charge in [0.05, 0.1) is 0 Å². The molecular weight excluding hydrogens is 204 g/mol. The molecule has 0 amide bonds. The van der Waals surface area contributed by atoms with Gasteiger partial charge in [-0.25, -0.2) is 0 Å². The fraction of sp³-hybridized carbons (Fsp3) is 0.412. The van der Waals surface area contributed by atoms with Crippen molar-refractivity contribution in [1.82, 2.24) is 0 Å². The van der Waals surface area contributed by atoms with Crippen LogP contribution in [0.25, 0.3) is 6.08 Å². The first-order chi connectivity index (χ1) is 8.34. The van der Waals surface area contributed by atoms with Gasteiger partial charge < -0.3 is 0 Å². The highest BCUT2D eigenvalue weighted by molar-refractivity contribution is 5.48. The Morgan fingerprint density at radius 1 is 1.18 bits per heavy atom. The first kappa shape index (κ1) is 12.2. The van der Waals surface area contributed by atoms with Gasteiger partial charge in [0.2, 0.25) is 0 Å². The summed E-state index contributed by atoms with van der Waals surface area (Å²) < 4.78 is 0. The minimum atomic E-state index is 0.823. The Balaban J connectivity index is 1.64. The molecule has 1 saturated carbocycles. The molecule has 0 saturated heterocycles. The SMILES string of the molecule is CC(CC=C1CC1)CC/C=C/c1ccccc1. The molecule has 1 aliphatic rings. The van der Waals surface area contributed by atoms with E-state index in [-0.39, 0.29) is 0 Å². The van der Waals surface area contributed by atoms with E-state index < -0.39 is 0 Å². The molecule has 1 unspecified atom stereocenters. The minimum Gasteiger partial charge on any atom is -0.0850 e. The maximum atomic E-state index is 2.45. The second-order valence-corrected chi connectivity index (χ2v) is 5.09. The normalized spacial score (nSPS) is 16.2. The maximum absolute atomic E-state index is 2.45. The summed E-state index contributed by atoms with van der Waals surface area (Å²) in [6.45, 7) is 2.36. The number of hydrogen-bond donors (Lipinski definition) is 0. The third-order valence-electron chi connectivity index (χ3n) is 3.28. The summed E-state index contributed by atoms with van der Waals surface area (Å²) in [5.41, 5.74) is 2.98. The van der Waals surface area contributed by atoms with Crippen molar-refractivity contribution in [3.8, 4) is 0 Å². The van der Waals surface area contributed by atoms with Crippen LogP contribution in [0.5, 0.6) is 0 Å². The van der Waals surface area contributed by atoms with Crippen LogP contribution in [0, 0.1) is 5.92 Å². The standard InChI is InChI=1S/C17H22/c1-15(11-12-17-13-14-17)7-5-6-10-16-8-3-2-4-9-16/h2-4,6,8-10,12,15H,5,7,11,13-14H2,1H3/b10-6+. The van der Waals surface area contributed by atoms with Crippen LogP contribution in [-0.4, -0.2) is 0 Å². The second-order valence-electron chi connectivity index (χ2n) is 5.09. The Morgan fingerprint density at radius 2 is 1.94 bits per heavy atom. The highest BCUT2D eigenvalue weighted by atomic mass is 14.2. The lowest BCUT2D eigenvalue weighted by molar-refractivity contribution is 0.546. The number of rotatable bonds is 6. The van der Waals surface area contributed by atoms with Gasteiger partial charge in [0.25, 0.3) is 0 Å². The third-order valence-corrected chi connectivity index (χ3v) is 3.28. The van der Waals surface area contributed by atoms with Gasteiger partial charge in [0.1, 0.15) is 0 Å². The molecule has 1 aliphatic carbocycles. The largest absolute Gasteiger partial charge is 0.0850 e. The van der Waals surface area contributed by atoms with E-state index in [2.05, 4.69) is 55.5 Å². The Kier molecular flexibility index (Phi) is 4.61. The summed E-state index contributed by atoms with van der Waals surface area (Å²) in [6.07, 6.45) is 13.5. The first-order valence-electron chi connectivity index (χ1n) is 6.74. The Hall–Kier alpha value is -1.30. The highest BCUT2D eigenvalue weighted by Gasteiger charge is 2.10. The van der Waals surface area contributed by atoms with Crippen LogP contribution < -0.4 is 0 Å². The Bertz CT molecular complexity index is 378. The van der Waals surface area contributed by atoms with Gasteiger partial charge in [-0.2, -0.15) is 0 Å². The topological polar surface area (TPSA) is 0 Å². The summed E-state index contributed by atoms with van der Waals surface area (Å²) in [6, 6.07) is 10.5. The fourth-order valence-corrected chi connectivity index (χ4v) is 1.93. The predicted octanol–water partition coefficient (Wildman–Crippen LogP) is 5.23. The van der Waals surface area contributed by atoms with Crippen LogP contribution >= 0.6 is 0 Å². The monoisotopic (exact) mass is 226 g/mol. The van der Waals surface area contributed by atoms with E-state index in [0.29, 0.717) is 0 Å². The van der Waals surface area contributed by atoms with Crippen molar-refractivity contribution in [2.24, 2.45) is 5.92 Å². The first-order valence-corrected chi connectivity index (χ1v) is 6.74. The lowest BCUT2D eigenvalue weighted by Gasteiger charge is -2.05. The molecule has 0 nitrogen and oxygen atoms in total. The molecule has 1 fully saturated rings. The third kappa shape index (κ3) is 5.04. The van der Waals surface area contributed by atoms with Crippen molar-refractivity contribution < 1.29 is 0 Å². The average Bonchev–Trinajstić information content (AvgIpc) is 3.17. The lowest BCUT2D eigenvalue weighted by Crippen LogP contribution is -1.90. The molecule has 1 atom stereocenters.